The molecular formula is C20H35N5O6. The minimum absolute atomic E-state index is 0.0288. The SMILES string of the molecule is CC[C@H](C)[C@H](NCCCN[C@](OCn1ccc(N)nc1=O)(C(=O)O)[C@@H](C)CC)C(=O)O. The summed E-state index contributed by atoms with van der Waals surface area (Å²) in [4.78, 5) is 39.1. The highest BCUT2D eigenvalue weighted by Gasteiger charge is 2.44. The van der Waals surface area contributed by atoms with E-state index in [0.29, 0.717) is 19.4 Å². The van der Waals surface area contributed by atoms with Crippen LogP contribution in [0.25, 0.3) is 0 Å². The van der Waals surface area contributed by atoms with Gasteiger partial charge in [-0.05, 0) is 37.9 Å². The van der Waals surface area contributed by atoms with Crippen molar-refractivity contribution in [2.45, 2.75) is 65.5 Å². The van der Waals surface area contributed by atoms with E-state index in [1.807, 2.05) is 20.8 Å². The highest BCUT2D eigenvalue weighted by Crippen LogP contribution is 2.23. The predicted octanol–water partition coefficient (Wildman–Crippen LogP) is 0.695. The summed E-state index contributed by atoms with van der Waals surface area (Å²) in [5.41, 5.74) is 3.11. The Balaban J connectivity index is 2.81. The third-order valence-corrected chi connectivity index (χ3v) is 5.54. The molecule has 0 radical (unpaired) electrons. The van der Waals surface area contributed by atoms with Crippen LogP contribution in [-0.2, 0) is 21.1 Å². The van der Waals surface area contributed by atoms with Crippen LogP contribution in [0.2, 0.25) is 0 Å². The highest BCUT2D eigenvalue weighted by molar-refractivity contribution is 5.77. The number of hydrogen-bond donors (Lipinski definition) is 5. The van der Waals surface area contributed by atoms with Crippen LogP contribution in [0.15, 0.2) is 17.1 Å². The first-order valence-electron chi connectivity index (χ1n) is 10.5. The maximum Gasteiger partial charge on any atom is 0.351 e. The van der Waals surface area contributed by atoms with Crippen molar-refractivity contribution in [2.24, 2.45) is 11.8 Å². The Morgan fingerprint density at radius 3 is 2.45 bits per heavy atom. The number of ether oxygens (including phenoxy) is 1. The van der Waals surface area contributed by atoms with Gasteiger partial charge in [-0.2, -0.15) is 4.98 Å². The lowest BCUT2D eigenvalue weighted by Gasteiger charge is -2.35. The van der Waals surface area contributed by atoms with E-state index in [-0.39, 0.29) is 25.0 Å². The average Bonchev–Trinajstić information content (AvgIpc) is 2.72. The van der Waals surface area contributed by atoms with E-state index < -0.39 is 35.3 Å². The molecule has 0 aliphatic rings. The third-order valence-electron chi connectivity index (χ3n) is 5.54. The van der Waals surface area contributed by atoms with Gasteiger partial charge in [0.2, 0.25) is 5.72 Å². The molecule has 11 nitrogen and oxygen atoms in total. The molecular weight excluding hydrogens is 406 g/mol. The third kappa shape index (κ3) is 7.30. The Hall–Kier alpha value is -2.50. The smallest absolute Gasteiger partial charge is 0.351 e. The molecule has 0 amide bonds. The number of hydrogen-bond acceptors (Lipinski definition) is 8. The molecule has 0 saturated carbocycles. The van der Waals surface area contributed by atoms with Gasteiger partial charge in [0, 0.05) is 12.1 Å². The van der Waals surface area contributed by atoms with Crippen molar-refractivity contribution in [3.05, 3.63) is 22.7 Å². The second kappa shape index (κ2) is 12.4. The standard InChI is InChI=1S/C20H35N5O6/c1-5-13(3)16(17(26)27)22-9-7-10-23-20(18(28)29,14(4)6-2)31-12-25-11-8-15(21)24-19(25)30/h8,11,13-14,16,22-23H,5-7,9-10,12H2,1-4H3,(H,26,27)(H,28,29)(H2,21,24,30)/t13-,14-,16-,20+/m0/s1. The first kappa shape index (κ1) is 26.5. The zero-order valence-corrected chi connectivity index (χ0v) is 18.6. The van der Waals surface area contributed by atoms with Crippen LogP contribution >= 0.6 is 0 Å². The first-order valence-corrected chi connectivity index (χ1v) is 10.5. The van der Waals surface area contributed by atoms with Gasteiger partial charge < -0.3 is 26.0 Å². The van der Waals surface area contributed by atoms with E-state index in [0.717, 1.165) is 11.0 Å². The lowest BCUT2D eigenvalue weighted by atomic mass is 9.94. The molecule has 1 rings (SSSR count). The van der Waals surface area contributed by atoms with E-state index in [4.69, 9.17) is 10.5 Å². The van der Waals surface area contributed by atoms with E-state index in [2.05, 4.69) is 15.6 Å². The number of carbonyl (C=O) groups is 2. The van der Waals surface area contributed by atoms with Crippen molar-refractivity contribution in [1.82, 2.24) is 20.2 Å². The summed E-state index contributed by atoms with van der Waals surface area (Å²) in [6.07, 6.45) is 3.12. The molecule has 0 spiro atoms. The highest BCUT2D eigenvalue weighted by atomic mass is 16.6. The van der Waals surface area contributed by atoms with Crippen LogP contribution in [-0.4, -0.2) is 56.6 Å². The number of carboxylic acids is 2. The Kier molecular flexibility index (Phi) is 10.6. The van der Waals surface area contributed by atoms with Crippen LogP contribution < -0.4 is 22.1 Å². The number of nitrogens with zero attached hydrogens (tertiary/aromatic N) is 2. The number of nitrogens with two attached hydrogens (primary N) is 1. The van der Waals surface area contributed by atoms with Gasteiger partial charge in [-0.1, -0.05) is 34.1 Å². The number of aromatic nitrogens is 2. The largest absolute Gasteiger partial charge is 0.480 e. The van der Waals surface area contributed by atoms with Crippen molar-refractivity contribution in [2.75, 3.05) is 18.8 Å². The molecule has 0 aliphatic carbocycles. The summed E-state index contributed by atoms with van der Waals surface area (Å²) in [7, 11) is 0. The number of nitrogens with one attached hydrogen (secondary N) is 2. The normalized spacial score (nSPS) is 16.3. The van der Waals surface area contributed by atoms with Gasteiger partial charge in [0.15, 0.2) is 0 Å². The van der Waals surface area contributed by atoms with Gasteiger partial charge in [-0.15, -0.1) is 0 Å². The zero-order chi connectivity index (χ0) is 23.6. The molecule has 31 heavy (non-hydrogen) atoms. The predicted molar refractivity (Wildman–Crippen MR) is 115 cm³/mol. The molecule has 0 saturated heterocycles. The molecule has 6 N–H and O–H groups in total. The summed E-state index contributed by atoms with van der Waals surface area (Å²) in [5.74, 6) is -2.49. The Morgan fingerprint density at radius 2 is 1.94 bits per heavy atom. The van der Waals surface area contributed by atoms with Gasteiger partial charge >= 0.3 is 17.6 Å². The van der Waals surface area contributed by atoms with Crippen molar-refractivity contribution < 1.29 is 24.5 Å². The Labute approximate surface area is 182 Å². The quantitative estimate of drug-likeness (QED) is 0.193. The second-order valence-corrected chi connectivity index (χ2v) is 7.66. The monoisotopic (exact) mass is 441 g/mol. The van der Waals surface area contributed by atoms with Crippen LogP contribution in [0.4, 0.5) is 5.82 Å². The lowest BCUT2D eigenvalue weighted by molar-refractivity contribution is -0.189. The maximum absolute atomic E-state index is 12.2. The van der Waals surface area contributed by atoms with Crippen LogP contribution in [0, 0.1) is 11.8 Å². The van der Waals surface area contributed by atoms with E-state index in [1.165, 1.54) is 12.3 Å². The van der Waals surface area contributed by atoms with E-state index in [9.17, 15) is 24.6 Å². The van der Waals surface area contributed by atoms with Crippen molar-refractivity contribution >= 4 is 17.8 Å². The minimum Gasteiger partial charge on any atom is -0.480 e. The molecule has 0 aliphatic heterocycles. The summed E-state index contributed by atoms with van der Waals surface area (Å²) >= 11 is 0. The molecule has 1 aromatic rings. The Bertz CT molecular complexity index is 786. The second-order valence-electron chi connectivity index (χ2n) is 7.66. The van der Waals surface area contributed by atoms with Crippen molar-refractivity contribution in [3.8, 4) is 0 Å². The summed E-state index contributed by atoms with van der Waals surface area (Å²) < 4.78 is 6.86. The molecule has 11 heteroatoms. The summed E-state index contributed by atoms with van der Waals surface area (Å²) in [5, 5.41) is 25.2. The van der Waals surface area contributed by atoms with Gasteiger partial charge in [-0.25, -0.2) is 9.59 Å². The van der Waals surface area contributed by atoms with E-state index >= 15 is 0 Å². The molecule has 0 bridgehead atoms. The number of nitrogen functional groups attached to an aromatic ring is 1. The fourth-order valence-electron chi connectivity index (χ4n) is 3.10. The minimum atomic E-state index is -1.72. The zero-order valence-electron chi connectivity index (χ0n) is 18.6. The maximum atomic E-state index is 12.2. The van der Waals surface area contributed by atoms with Crippen LogP contribution in [0.1, 0.15) is 47.0 Å². The number of aliphatic carboxylic acids is 2. The van der Waals surface area contributed by atoms with Crippen molar-refractivity contribution in [3.63, 3.8) is 0 Å². The number of rotatable bonds is 15. The fourth-order valence-corrected chi connectivity index (χ4v) is 3.10. The van der Waals surface area contributed by atoms with Crippen LogP contribution in [0.5, 0.6) is 0 Å². The van der Waals surface area contributed by atoms with Gasteiger partial charge in [0.05, 0.1) is 0 Å². The number of carboxylic acid groups (broad SMARTS) is 2. The molecule has 1 aromatic heterocycles. The fraction of sp³-hybridized carbons (Fsp3) is 0.700. The lowest BCUT2D eigenvalue weighted by Crippen LogP contribution is -2.59. The number of anilines is 1. The topological polar surface area (TPSA) is 169 Å². The molecule has 1 heterocycles. The van der Waals surface area contributed by atoms with Gasteiger partial charge in [0.1, 0.15) is 18.6 Å². The average molecular weight is 442 g/mol. The molecule has 4 atom stereocenters. The summed E-state index contributed by atoms with van der Waals surface area (Å²) in [6.45, 7) is 7.73. The van der Waals surface area contributed by atoms with E-state index in [1.54, 1.807) is 6.92 Å². The van der Waals surface area contributed by atoms with Gasteiger partial charge in [-0.3, -0.25) is 14.7 Å². The molecule has 0 unspecified atom stereocenters. The van der Waals surface area contributed by atoms with Crippen LogP contribution in [0.3, 0.4) is 0 Å². The molecule has 0 fully saturated rings. The first-order chi connectivity index (χ1) is 14.6. The molecule has 0 aromatic carbocycles. The Morgan fingerprint density at radius 1 is 1.26 bits per heavy atom. The summed E-state index contributed by atoms with van der Waals surface area (Å²) in [6, 6.07) is 0.760. The van der Waals surface area contributed by atoms with Gasteiger partial charge in [0.25, 0.3) is 0 Å². The molecule has 176 valence electrons. The van der Waals surface area contributed by atoms with Crippen molar-refractivity contribution in [1.29, 1.82) is 0 Å².